The van der Waals surface area contributed by atoms with E-state index >= 15 is 0 Å². The van der Waals surface area contributed by atoms with Crippen LogP contribution in [0.15, 0.2) is 24.3 Å². The van der Waals surface area contributed by atoms with Gasteiger partial charge in [0.1, 0.15) is 0 Å². The number of Topliss-reactive ketones (excluding diaryl/α,β-unsaturated/α-hetero) is 1. The van der Waals surface area contributed by atoms with Crippen molar-refractivity contribution >= 4 is 23.3 Å². The molecule has 102 valence electrons. The van der Waals surface area contributed by atoms with Crippen LogP contribution in [0.5, 0.6) is 0 Å². The maximum Gasteiger partial charge on any atom is 0.223 e. The molecule has 19 heavy (non-hydrogen) atoms. The molecular weight excluding hydrogens is 262 g/mol. The molecule has 1 aromatic carbocycles. The lowest BCUT2D eigenvalue weighted by molar-refractivity contribution is -0.127. The van der Waals surface area contributed by atoms with Gasteiger partial charge in [-0.2, -0.15) is 0 Å². The second-order valence-corrected chi connectivity index (χ2v) is 5.50. The summed E-state index contributed by atoms with van der Waals surface area (Å²) in [6.07, 6.45) is 2.72. The number of hydrogen-bond donors (Lipinski definition) is 0. The van der Waals surface area contributed by atoms with E-state index in [-0.39, 0.29) is 18.2 Å². The Kier molecular flexibility index (Phi) is 4.59. The molecule has 0 N–H and O–H groups in total. The molecule has 3 nitrogen and oxygen atoms in total. The Bertz CT molecular complexity index is 470. The van der Waals surface area contributed by atoms with Gasteiger partial charge in [-0.25, -0.2) is 0 Å². The number of carbonyl (C=O) groups excluding carboxylic acids is 2. The van der Waals surface area contributed by atoms with E-state index in [9.17, 15) is 9.59 Å². The van der Waals surface area contributed by atoms with Gasteiger partial charge >= 0.3 is 0 Å². The SMILES string of the molecule is CCCC1CC(=O)N(CC(=O)c2ccc(Cl)cc2)C1. The highest BCUT2D eigenvalue weighted by molar-refractivity contribution is 6.30. The lowest BCUT2D eigenvalue weighted by atomic mass is 10.0. The summed E-state index contributed by atoms with van der Waals surface area (Å²) < 4.78 is 0. The van der Waals surface area contributed by atoms with Crippen LogP contribution >= 0.6 is 11.6 Å². The van der Waals surface area contributed by atoms with Gasteiger partial charge in [0.2, 0.25) is 5.91 Å². The van der Waals surface area contributed by atoms with E-state index in [0.29, 0.717) is 29.5 Å². The van der Waals surface area contributed by atoms with Crippen LogP contribution in [-0.4, -0.2) is 29.7 Å². The zero-order chi connectivity index (χ0) is 13.8. The Labute approximate surface area is 118 Å². The van der Waals surface area contributed by atoms with Crippen molar-refractivity contribution in [2.75, 3.05) is 13.1 Å². The van der Waals surface area contributed by atoms with Crippen molar-refractivity contribution in [3.05, 3.63) is 34.9 Å². The van der Waals surface area contributed by atoms with Crippen molar-refractivity contribution in [1.29, 1.82) is 0 Å². The summed E-state index contributed by atoms with van der Waals surface area (Å²) >= 11 is 5.79. The van der Waals surface area contributed by atoms with Crippen LogP contribution in [-0.2, 0) is 4.79 Å². The number of rotatable bonds is 5. The number of benzene rings is 1. The van der Waals surface area contributed by atoms with Crippen molar-refractivity contribution in [3.63, 3.8) is 0 Å². The van der Waals surface area contributed by atoms with E-state index in [2.05, 4.69) is 6.92 Å². The lowest BCUT2D eigenvalue weighted by Crippen LogP contribution is -2.31. The lowest BCUT2D eigenvalue weighted by Gasteiger charge is -2.15. The molecule has 1 unspecified atom stereocenters. The van der Waals surface area contributed by atoms with Crippen LogP contribution in [0.4, 0.5) is 0 Å². The largest absolute Gasteiger partial charge is 0.335 e. The first-order valence-corrected chi connectivity index (χ1v) is 7.04. The number of hydrogen-bond acceptors (Lipinski definition) is 2. The molecule has 1 amide bonds. The fraction of sp³-hybridized carbons (Fsp3) is 0.467. The first-order valence-electron chi connectivity index (χ1n) is 6.66. The van der Waals surface area contributed by atoms with Gasteiger partial charge < -0.3 is 4.90 Å². The average Bonchev–Trinajstić information content (AvgIpc) is 2.71. The quantitative estimate of drug-likeness (QED) is 0.777. The fourth-order valence-corrected chi connectivity index (χ4v) is 2.63. The Hall–Kier alpha value is -1.35. The van der Waals surface area contributed by atoms with Gasteiger partial charge in [0, 0.05) is 23.6 Å². The van der Waals surface area contributed by atoms with Crippen LogP contribution in [0.1, 0.15) is 36.5 Å². The normalized spacial score (nSPS) is 18.9. The van der Waals surface area contributed by atoms with Gasteiger partial charge in [-0.3, -0.25) is 9.59 Å². The van der Waals surface area contributed by atoms with Crippen molar-refractivity contribution < 1.29 is 9.59 Å². The number of halogens is 1. The smallest absolute Gasteiger partial charge is 0.223 e. The second kappa shape index (κ2) is 6.20. The zero-order valence-corrected chi connectivity index (χ0v) is 11.8. The summed E-state index contributed by atoms with van der Waals surface area (Å²) in [5.41, 5.74) is 0.608. The molecule has 1 saturated heterocycles. The maximum absolute atomic E-state index is 12.1. The summed E-state index contributed by atoms with van der Waals surface area (Å²) in [6.45, 7) is 3.01. The monoisotopic (exact) mass is 279 g/mol. The minimum Gasteiger partial charge on any atom is -0.335 e. The summed E-state index contributed by atoms with van der Waals surface area (Å²) in [6, 6.07) is 6.80. The third kappa shape index (κ3) is 3.57. The predicted molar refractivity (Wildman–Crippen MR) is 75.4 cm³/mol. The highest BCUT2D eigenvalue weighted by Gasteiger charge is 2.30. The molecule has 0 radical (unpaired) electrons. The first kappa shape index (κ1) is 14.1. The molecule has 1 aliphatic rings. The van der Waals surface area contributed by atoms with E-state index < -0.39 is 0 Å². The molecule has 1 heterocycles. The van der Waals surface area contributed by atoms with Gasteiger partial charge in [0.25, 0.3) is 0 Å². The van der Waals surface area contributed by atoms with Crippen molar-refractivity contribution in [2.45, 2.75) is 26.2 Å². The van der Waals surface area contributed by atoms with Crippen LogP contribution in [0.25, 0.3) is 0 Å². The highest BCUT2D eigenvalue weighted by Crippen LogP contribution is 2.22. The molecule has 0 bridgehead atoms. The maximum atomic E-state index is 12.1. The van der Waals surface area contributed by atoms with E-state index in [1.165, 1.54) is 0 Å². The van der Waals surface area contributed by atoms with Crippen LogP contribution in [0.2, 0.25) is 5.02 Å². The number of likely N-dealkylation sites (tertiary alicyclic amines) is 1. The van der Waals surface area contributed by atoms with E-state index in [1.807, 2.05) is 0 Å². The molecule has 0 spiro atoms. The molecule has 0 saturated carbocycles. The number of carbonyl (C=O) groups is 2. The zero-order valence-electron chi connectivity index (χ0n) is 11.1. The Balaban J connectivity index is 1.96. The van der Waals surface area contributed by atoms with E-state index in [1.54, 1.807) is 29.2 Å². The van der Waals surface area contributed by atoms with Crippen molar-refractivity contribution in [2.24, 2.45) is 5.92 Å². The molecule has 1 aromatic rings. The van der Waals surface area contributed by atoms with Crippen molar-refractivity contribution in [1.82, 2.24) is 4.90 Å². The second-order valence-electron chi connectivity index (χ2n) is 5.06. The van der Waals surface area contributed by atoms with Gasteiger partial charge in [-0.1, -0.05) is 24.9 Å². The van der Waals surface area contributed by atoms with E-state index in [0.717, 1.165) is 12.8 Å². The molecular formula is C15H18ClNO2. The van der Waals surface area contributed by atoms with Gasteiger partial charge in [0.15, 0.2) is 5.78 Å². The number of ketones is 1. The third-order valence-electron chi connectivity index (χ3n) is 3.49. The molecule has 1 fully saturated rings. The Morgan fingerprint density at radius 2 is 2.05 bits per heavy atom. The standard InChI is InChI=1S/C15H18ClNO2/c1-2-3-11-8-15(19)17(9-11)10-14(18)12-4-6-13(16)7-5-12/h4-7,11H,2-3,8-10H2,1H3. The van der Waals surface area contributed by atoms with Gasteiger partial charge in [-0.15, -0.1) is 0 Å². The van der Waals surface area contributed by atoms with Crippen LogP contribution in [0.3, 0.4) is 0 Å². The molecule has 0 aliphatic carbocycles. The Morgan fingerprint density at radius 1 is 1.37 bits per heavy atom. The van der Waals surface area contributed by atoms with Crippen LogP contribution in [0, 0.1) is 5.92 Å². The topological polar surface area (TPSA) is 37.4 Å². The number of amides is 1. The minimum absolute atomic E-state index is 0.0258. The summed E-state index contributed by atoms with van der Waals surface area (Å²) in [4.78, 5) is 25.6. The van der Waals surface area contributed by atoms with Crippen LogP contribution < -0.4 is 0 Å². The summed E-state index contributed by atoms with van der Waals surface area (Å²) in [7, 11) is 0. The summed E-state index contributed by atoms with van der Waals surface area (Å²) in [5, 5.41) is 0.608. The molecule has 1 aliphatic heterocycles. The predicted octanol–water partition coefficient (Wildman–Crippen LogP) is 3.17. The molecule has 4 heteroatoms. The minimum atomic E-state index is -0.0258. The molecule has 2 rings (SSSR count). The Morgan fingerprint density at radius 3 is 2.68 bits per heavy atom. The van der Waals surface area contributed by atoms with Gasteiger partial charge in [-0.05, 0) is 36.6 Å². The first-order chi connectivity index (χ1) is 9.10. The average molecular weight is 280 g/mol. The van der Waals surface area contributed by atoms with Gasteiger partial charge in [0.05, 0.1) is 6.54 Å². The summed E-state index contributed by atoms with van der Waals surface area (Å²) in [5.74, 6) is 0.485. The van der Waals surface area contributed by atoms with E-state index in [4.69, 9.17) is 11.6 Å². The highest BCUT2D eigenvalue weighted by atomic mass is 35.5. The number of nitrogens with zero attached hydrogens (tertiary/aromatic N) is 1. The molecule has 1 atom stereocenters. The molecule has 0 aromatic heterocycles. The third-order valence-corrected chi connectivity index (χ3v) is 3.74. The van der Waals surface area contributed by atoms with Crippen molar-refractivity contribution in [3.8, 4) is 0 Å². The fourth-order valence-electron chi connectivity index (χ4n) is 2.51.